The molecule has 0 saturated heterocycles. The van der Waals surface area contributed by atoms with Crippen molar-refractivity contribution in [1.29, 1.82) is 0 Å². The molecule has 0 aromatic carbocycles. The molecular weight excluding hydrogens is 793 g/mol. The first kappa shape index (κ1) is 62.4. The summed E-state index contributed by atoms with van der Waals surface area (Å²) >= 11 is 0. The summed E-state index contributed by atoms with van der Waals surface area (Å²) in [5.41, 5.74) is 0. The molecule has 0 rings (SSSR count). The second-order valence-corrected chi connectivity index (χ2v) is 20.9. The van der Waals surface area contributed by atoms with Crippen molar-refractivity contribution in [3.05, 3.63) is 0 Å². The molecule has 0 aliphatic carbocycles. The summed E-state index contributed by atoms with van der Waals surface area (Å²) in [6, 6.07) is 0. The highest BCUT2D eigenvalue weighted by molar-refractivity contribution is 5.71. The van der Waals surface area contributed by atoms with Gasteiger partial charge in [-0.3, -0.25) is 14.4 Å². The van der Waals surface area contributed by atoms with E-state index in [1.165, 1.54) is 199 Å². The molecule has 3 atom stereocenters. The van der Waals surface area contributed by atoms with Gasteiger partial charge in [0.05, 0.1) is 0 Å². The zero-order valence-corrected chi connectivity index (χ0v) is 44.1. The van der Waals surface area contributed by atoms with Crippen LogP contribution in [0.5, 0.6) is 0 Å². The first-order chi connectivity index (χ1) is 31.2. The molecule has 6 heteroatoms. The van der Waals surface area contributed by atoms with Crippen LogP contribution in [0, 0.1) is 17.8 Å². The monoisotopic (exact) mass is 905 g/mol. The number of ether oxygens (including phenoxy) is 3. The molecule has 0 spiro atoms. The van der Waals surface area contributed by atoms with Crippen LogP contribution in [-0.2, 0) is 28.6 Å². The van der Waals surface area contributed by atoms with Crippen molar-refractivity contribution in [2.75, 3.05) is 13.2 Å². The average molecular weight is 906 g/mol. The van der Waals surface area contributed by atoms with Crippen molar-refractivity contribution in [2.24, 2.45) is 17.8 Å². The summed E-state index contributed by atoms with van der Waals surface area (Å²) in [5.74, 6) is 1.71. The van der Waals surface area contributed by atoms with Crippen LogP contribution in [0.1, 0.15) is 318 Å². The normalized spacial score (nSPS) is 13.0. The first-order valence-corrected chi connectivity index (χ1v) is 28.7. The summed E-state index contributed by atoms with van der Waals surface area (Å²) in [6.45, 7) is 13.8. The second-order valence-electron chi connectivity index (χ2n) is 20.9. The molecule has 0 N–H and O–H groups in total. The number of esters is 3. The lowest BCUT2D eigenvalue weighted by Gasteiger charge is -2.18. The van der Waals surface area contributed by atoms with Gasteiger partial charge in [0.1, 0.15) is 13.2 Å². The van der Waals surface area contributed by atoms with E-state index in [1.54, 1.807) is 0 Å². The van der Waals surface area contributed by atoms with Gasteiger partial charge < -0.3 is 14.2 Å². The lowest BCUT2D eigenvalue weighted by atomic mass is 9.99. The van der Waals surface area contributed by atoms with Gasteiger partial charge in [-0.25, -0.2) is 0 Å². The Morgan fingerprint density at radius 3 is 0.812 bits per heavy atom. The predicted molar refractivity (Wildman–Crippen MR) is 275 cm³/mol. The molecule has 0 aliphatic heterocycles. The highest BCUT2D eigenvalue weighted by Crippen LogP contribution is 2.19. The van der Waals surface area contributed by atoms with E-state index < -0.39 is 6.10 Å². The molecule has 0 saturated carbocycles. The van der Waals surface area contributed by atoms with Crippen molar-refractivity contribution in [3.8, 4) is 0 Å². The predicted octanol–water partition coefficient (Wildman–Crippen LogP) is 18.7. The molecule has 0 aromatic rings. The Balaban J connectivity index is 4.26. The fraction of sp³-hybridized carbons (Fsp3) is 0.948. The topological polar surface area (TPSA) is 78.9 Å². The van der Waals surface area contributed by atoms with Crippen LogP contribution >= 0.6 is 0 Å². The number of carbonyl (C=O) groups excluding carboxylic acids is 3. The zero-order chi connectivity index (χ0) is 47.0. The quantitative estimate of drug-likeness (QED) is 0.0344. The van der Waals surface area contributed by atoms with Gasteiger partial charge in [-0.1, -0.05) is 279 Å². The Kier molecular flexibility index (Phi) is 48.1. The summed E-state index contributed by atoms with van der Waals surface area (Å²) < 4.78 is 16.9. The van der Waals surface area contributed by atoms with Gasteiger partial charge in [0.15, 0.2) is 6.10 Å². The maximum Gasteiger partial charge on any atom is 0.306 e. The van der Waals surface area contributed by atoms with E-state index in [-0.39, 0.29) is 31.1 Å². The van der Waals surface area contributed by atoms with Crippen LogP contribution in [0.15, 0.2) is 0 Å². The lowest BCUT2D eigenvalue weighted by Crippen LogP contribution is -2.30. The van der Waals surface area contributed by atoms with Crippen molar-refractivity contribution in [2.45, 2.75) is 324 Å². The van der Waals surface area contributed by atoms with E-state index in [4.69, 9.17) is 14.2 Å². The fourth-order valence-electron chi connectivity index (χ4n) is 8.76. The molecule has 0 aliphatic rings. The minimum absolute atomic E-state index is 0.0643. The smallest absolute Gasteiger partial charge is 0.306 e. The van der Waals surface area contributed by atoms with E-state index in [0.717, 1.165) is 75.5 Å². The van der Waals surface area contributed by atoms with Gasteiger partial charge in [-0.15, -0.1) is 0 Å². The van der Waals surface area contributed by atoms with Crippen molar-refractivity contribution < 1.29 is 28.6 Å². The molecule has 64 heavy (non-hydrogen) atoms. The largest absolute Gasteiger partial charge is 0.462 e. The van der Waals surface area contributed by atoms with Gasteiger partial charge in [0, 0.05) is 19.3 Å². The highest BCUT2D eigenvalue weighted by atomic mass is 16.6. The Bertz CT molecular complexity index is 995. The van der Waals surface area contributed by atoms with Crippen molar-refractivity contribution in [3.63, 3.8) is 0 Å². The number of unbranched alkanes of at least 4 members (excludes halogenated alkanes) is 32. The van der Waals surface area contributed by atoms with Crippen LogP contribution in [0.25, 0.3) is 0 Å². The molecular formula is C58H112O6. The van der Waals surface area contributed by atoms with Crippen LogP contribution < -0.4 is 0 Å². The van der Waals surface area contributed by atoms with Gasteiger partial charge in [0.25, 0.3) is 0 Å². The summed E-state index contributed by atoms with van der Waals surface area (Å²) in [5, 5.41) is 0. The standard InChI is InChI=1S/C58H112O6/c1-7-53(5)45-39-33-27-23-19-15-12-13-16-20-24-28-35-41-47-56(59)62-50-55(51-63-57(60)48-42-36-31-30-34-40-46-54(6)8-2)64-58(61)49-43-37-29-25-21-17-11-9-10-14-18-22-26-32-38-44-52(3)4/h52-55H,7-51H2,1-6H3/t53?,54?,55-/m0/s1. The van der Waals surface area contributed by atoms with E-state index >= 15 is 0 Å². The molecule has 380 valence electrons. The van der Waals surface area contributed by atoms with E-state index in [1.807, 2.05) is 0 Å². The van der Waals surface area contributed by atoms with Gasteiger partial charge >= 0.3 is 17.9 Å². The molecule has 0 amide bonds. The minimum Gasteiger partial charge on any atom is -0.462 e. The zero-order valence-electron chi connectivity index (χ0n) is 44.1. The molecule has 6 nitrogen and oxygen atoms in total. The van der Waals surface area contributed by atoms with Crippen LogP contribution in [-0.4, -0.2) is 37.2 Å². The van der Waals surface area contributed by atoms with E-state index in [0.29, 0.717) is 19.3 Å². The maximum atomic E-state index is 12.8. The van der Waals surface area contributed by atoms with E-state index in [2.05, 4.69) is 41.5 Å². The first-order valence-electron chi connectivity index (χ1n) is 28.7. The van der Waals surface area contributed by atoms with Gasteiger partial charge in [-0.05, 0) is 37.0 Å². The van der Waals surface area contributed by atoms with Crippen molar-refractivity contribution >= 4 is 17.9 Å². The third kappa shape index (κ3) is 48.3. The third-order valence-corrected chi connectivity index (χ3v) is 13.9. The SMILES string of the molecule is CCC(C)CCCCCCCCCCCCCCCCC(=O)OC[C@@H](COC(=O)CCCCCCCCC(C)CC)OC(=O)CCCCCCCCCCCCCCCCCC(C)C. The fourth-order valence-corrected chi connectivity index (χ4v) is 8.76. The van der Waals surface area contributed by atoms with Crippen LogP contribution in [0.2, 0.25) is 0 Å². The number of hydrogen-bond donors (Lipinski definition) is 0. The number of rotatable bonds is 51. The highest BCUT2D eigenvalue weighted by Gasteiger charge is 2.19. The molecule has 0 bridgehead atoms. The minimum atomic E-state index is -0.764. The Hall–Kier alpha value is -1.59. The molecule has 0 aromatic heterocycles. The Labute approximate surface area is 399 Å². The van der Waals surface area contributed by atoms with Gasteiger partial charge in [0.2, 0.25) is 0 Å². The van der Waals surface area contributed by atoms with Crippen LogP contribution in [0.4, 0.5) is 0 Å². The summed E-state index contributed by atoms with van der Waals surface area (Å²) in [6.07, 6.45) is 50.9. The summed E-state index contributed by atoms with van der Waals surface area (Å²) in [4.78, 5) is 38.1. The molecule has 0 radical (unpaired) electrons. The lowest BCUT2D eigenvalue weighted by molar-refractivity contribution is -0.167. The van der Waals surface area contributed by atoms with Crippen molar-refractivity contribution in [1.82, 2.24) is 0 Å². The van der Waals surface area contributed by atoms with Gasteiger partial charge in [-0.2, -0.15) is 0 Å². The number of hydrogen-bond acceptors (Lipinski definition) is 6. The third-order valence-electron chi connectivity index (χ3n) is 13.9. The number of carbonyl (C=O) groups is 3. The van der Waals surface area contributed by atoms with Crippen LogP contribution in [0.3, 0.4) is 0 Å². The molecule has 0 heterocycles. The maximum absolute atomic E-state index is 12.8. The van der Waals surface area contributed by atoms with E-state index in [9.17, 15) is 14.4 Å². The average Bonchev–Trinajstić information content (AvgIpc) is 3.28. The molecule has 0 fully saturated rings. The summed E-state index contributed by atoms with van der Waals surface area (Å²) in [7, 11) is 0. The Morgan fingerprint density at radius 1 is 0.312 bits per heavy atom. The molecule has 2 unspecified atom stereocenters. The Morgan fingerprint density at radius 2 is 0.547 bits per heavy atom. The second kappa shape index (κ2) is 49.3.